The predicted molar refractivity (Wildman–Crippen MR) is 118 cm³/mol. The molecular formula is C22H31ClN4O3. The van der Waals surface area contributed by atoms with Crippen LogP contribution in [0, 0.1) is 5.92 Å². The normalized spacial score (nSPS) is 23.5. The Hall–Kier alpha value is -2.12. The maximum absolute atomic E-state index is 13.2. The van der Waals surface area contributed by atoms with Gasteiger partial charge >= 0.3 is 6.03 Å². The number of amides is 3. The van der Waals surface area contributed by atoms with Crippen LogP contribution in [0.15, 0.2) is 18.2 Å². The predicted octanol–water partition coefficient (Wildman–Crippen LogP) is 2.50. The summed E-state index contributed by atoms with van der Waals surface area (Å²) < 4.78 is 0. The summed E-state index contributed by atoms with van der Waals surface area (Å²) in [4.78, 5) is 41.7. The third-order valence-corrected chi connectivity index (χ3v) is 6.19. The highest BCUT2D eigenvalue weighted by molar-refractivity contribution is 6.00. The van der Waals surface area contributed by atoms with Crippen LogP contribution in [0.3, 0.4) is 0 Å². The van der Waals surface area contributed by atoms with Crippen LogP contribution in [-0.2, 0) is 11.2 Å². The number of nitrogens with two attached hydrogens (primary N) is 1. The molecule has 1 saturated heterocycles. The molecule has 4 rings (SSSR count). The molecule has 7 nitrogen and oxygen atoms in total. The van der Waals surface area contributed by atoms with E-state index in [-0.39, 0.29) is 48.6 Å². The number of Topliss-reactive ketones (excluding diaryl/α,β-unsaturated/α-hetero) is 1. The monoisotopic (exact) mass is 434 g/mol. The minimum Gasteiger partial charge on any atom is -0.352 e. The van der Waals surface area contributed by atoms with Crippen LogP contribution in [0.5, 0.6) is 0 Å². The Balaban J connectivity index is 0.00000256. The van der Waals surface area contributed by atoms with Gasteiger partial charge in [-0.3, -0.25) is 14.5 Å². The van der Waals surface area contributed by atoms with Crippen molar-refractivity contribution in [3.63, 3.8) is 0 Å². The Bertz CT molecular complexity index is 827. The number of hydrogen-bond donors (Lipinski definition) is 2. The number of carbonyl (C=O) groups is 3. The zero-order valence-corrected chi connectivity index (χ0v) is 18.2. The van der Waals surface area contributed by atoms with Gasteiger partial charge in [-0.25, -0.2) is 4.79 Å². The Morgan fingerprint density at radius 3 is 2.67 bits per heavy atom. The number of carbonyl (C=O) groups excluding carboxylic acids is 3. The fourth-order valence-corrected chi connectivity index (χ4v) is 4.35. The number of halogens is 1. The van der Waals surface area contributed by atoms with Crippen LogP contribution in [0.25, 0.3) is 0 Å². The van der Waals surface area contributed by atoms with Gasteiger partial charge < -0.3 is 16.0 Å². The summed E-state index contributed by atoms with van der Waals surface area (Å²) in [6.45, 7) is 3.75. The van der Waals surface area contributed by atoms with Gasteiger partial charge in [0.05, 0.1) is 0 Å². The van der Waals surface area contributed by atoms with E-state index in [0.717, 1.165) is 30.0 Å². The van der Waals surface area contributed by atoms with Crippen molar-refractivity contribution in [2.75, 3.05) is 24.5 Å². The molecule has 0 aromatic heterocycles. The summed E-state index contributed by atoms with van der Waals surface area (Å²) >= 11 is 0. The van der Waals surface area contributed by atoms with Crippen molar-refractivity contribution < 1.29 is 14.4 Å². The molecule has 0 bridgehead atoms. The molecule has 1 saturated carbocycles. The van der Waals surface area contributed by atoms with Crippen molar-refractivity contribution in [2.24, 2.45) is 11.7 Å². The van der Waals surface area contributed by atoms with Gasteiger partial charge in [-0.2, -0.15) is 0 Å². The van der Waals surface area contributed by atoms with Crippen LogP contribution in [0.1, 0.15) is 54.9 Å². The Morgan fingerprint density at radius 1 is 1.23 bits per heavy atom. The van der Waals surface area contributed by atoms with Crippen molar-refractivity contribution in [2.45, 2.75) is 57.5 Å². The fraction of sp³-hybridized carbons (Fsp3) is 0.591. The summed E-state index contributed by atoms with van der Waals surface area (Å²) in [7, 11) is 0. The molecule has 1 aromatic rings. The molecule has 0 radical (unpaired) electrons. The van der Waals surface area contributed by atoms with Gasteiger partial charge in [-0.1, -0.05) is 12.8 Å². The Kier molecular flexibility index (Phi) is 7.03. The molecule has 3 aliphatic rings. The SMILES string of the molecule is C[C@H]1CC(=O)Cc2cc(C(=O)NCCC3CC3)ccc2N1C(=O)N1CC[C@@H](N)C1.Cl. The molecular weight excluding hydrogens is 404 g/mol. The lowest BCUT2D eigenvalue weighted by atomic mass is 10.0. The first kappa shape index (κ1) is 22.6. The molecule has 3 amide bonds. The molecule has 2 fully saturated rings. The zero-order chi connectivity index (χ0) is 20.5. The lowest BCUT2D eigenvalue weighted by molar-refractivity contribution is -0.118. The lowest BCUT2D eigenvalue weighted by Crippen LogP contribution is -2.47. The van der Waals surface area contributed by atoms with Gasteiger partial charge in [0.2, 0.25) is 0 Å². The molecule has 1 aliphatic carbocycles. The van der Waals surface area contributed by atoms with Crippen molar-refractivity contribution in [1.82, 2.24) is 10.2 Å². The Labute approximate surface area is 183 Å². The van der Waals surface area contributed by atoms with Gasteiger partial charge in [-0.15, -0.1) is 12.4 Å². The van der Waals surface area contributed by atoms with Gasteiger partial charge in [0, 0.05) is 55.8 Å². The van der Waals surface area contributed by atoms with Crippen LogP contribution in [-0.4, -0.2) is 54.3 Å². The molecule has 3 N–H and O–H groups in total. The van der Waals surface area contributed by atoms with Crippen LogP contribution < -0.4 is 16.0 Å². The average Bonchev–Trinajstić information content (AvgIpc) is 3.42. The van der Waals surface area contributed by atoms with Crippen LogP contribution >= 0.6 is 12.4 Å². The van der Waals surface area contributed by atoms with E-state index in [2.05, 4.69) is 5.32 Å². The van der Waals surface area contributed by atoms with E-state index in [1.54, 1.807) is 21.9 Å². The molecule has 2 heterocycles. The highest BCUT2D eigenvalue weighted by Crippen LogP contribution is 2.32. The van der Waals surface area contributed by atoms with E-state index in [4.69, 9.17) is 5.73 Å². The Morgan fingerprint density at radius 2 is 2.00 bits per heavy atom. The van der Waals surface area contributed by atoms with E-state index in [9.17, 15) is 14.4 Å². The number of nitrogens with one attached hydrogen (secondary N) is 1. The average molecular weight is 435 g/mol. The fourth-order valence-electron chi connectivity index (χ4n) is 4.35. The number of rotatable bonds is 4. The van der Waals surface area contributed by atoms with Crippen molar-refractivity contribution in [3.05, 3.63) is 29.3 Å². The van der Waals surface area contributed by atoms with Crippen molar-refractivity contribution in [1.29, 1.82) is 0 Å². The molecule has 1 aromatic carbocycles. The number of urea groups is 1. The van der Waals surface area contributed by atoms with Crippen molar-refractivity contribution in [3.8, 4) is 0 Å². The molecule has 2 aliphatic heterocycles. The minimum absolute atomic E-state index is 0. The second-order valence-electron chi connectivity index (χ2n) is 8.75. The minimum atomic E-state index is -0.230. The third kappa shape index (κ3) is 4.95. The quantitative estimate of drug-likeness (QED) is 0.760. The van der Waals surface area contributed by atoms with Crippen molar-refractivity contribution >= 4 is 35.8 Å². The van der Waals surface area contributed by atoms with E-state index in [0.29, 0.717) is 31.6 Å². The summed E-state index contributed by atoms with van der Waals surface area (Å²) in [5, 5.41) is 2.97. The number of fused-ring (bicyclic) bond motifs is 1. The number of anilines is 1. The number of benzene rings is 1. The van der Waals surface area contributed by atoms with Crippen LogP contribution in [0.4, 0.5) is 10.5 Å². The molecule has 8 heteroatoms. The molecule has 0 spiro atoms. The van der Waals surface area contributed by atoms with Gasteiger partial charge in [-0.05, 0) is 49.4 Å². The second kappa shape index (κ2) is 9.35. The zero-order valence-electron chi connectivity index (χ0n) is 17.4. The highest BCUT2D eigenvalue weighted by atomic mass is 35.5. The van der Waals surface area contributed by atoms with Gasteiger partial charge in [0.15, 0.2) is 0 Å². The molecule has 2 atom stereocenters. The first-order valence-corrected chi connectivity index (χ1v) is 10.7. The molecule has 164 valence electrons. The highest BCUT2D eigenvalue weighted by Gasteiger charge is 2.35. The smallest absolute Gasteiger partial charge is 0.324 e. The standard InChI is InChI=1S/C22H30N4O3.ClH/c1-14-10-19(27)12-17-11-16(21(28)24-8-6-15-2-3-15)4-5-20(17)26(14)22(29)25-9-7-18(23)13-25;/h4-5,11,14-15,18H,2-3,6-10,12-13,23H2,1H3,(H,24,28);1H/t14-,18+;/m0./s1. The van der Waals surface area contributed by atoms with E-state index in [1.807, 2.05) is 13.0 Å². The number of ketones is 1. The second-order valence-corrected chi connectivity index (χ2v) is 8.75. The van der Waals surface area contributed by atoms with E-state index >= 15 is 0 Å². The summed E-state index contributed by atoms with van der Waals surface area (Å²) in [5.41, 5.74) is 7.99. The third-order valence-electron chi connectivity index (χ3n) is 6.19. The number of nitrogens with zero attached hydrogens (tertiary/aromatic N) is 2. The lowest BCUT2D eigenvalue weighted by Gasteiger charge is -2.32. The molecule has 30 heavy (non-hydrogen) atoms. The first-order chi connectivity index (χ1) is 13.9. The topological polar surface area (TPSA) is 95.7 Å². The maximum Gasteiger partial charge on any atom is 0.324 e. The number of hydrogen-bond acceptors (Lipinski definition) is 4. The first-order valence-electron chi connectivity index (χ1n) is 10.7. The van der Waals surface area contributed by atoms with E-state index in [1.165, 1.54) is 12.8 Å². The summed E-state index contributed by atoms with van der Waals surface area (Å²) in [6.07, 6.45) is 4.89. The number of likely N-dealkylation sites (tertiary alicyclic amines) is 1. The van der Waals surface area contributed by atoms with E-state index < -0.39 is 0 Å². The van der Waals surface area contributed by atoms with Gasteiger partial charge in [0.25, 0.3) is 5.91 Å². The largest absolute Gasteiger partial charge is 0.352 e. The maximum atomic E-state index is 13.2. The molecule has 0 unspecified atom stereocenters. The summed E-state index contributed by atoms with van der Waals surface area (Å²) in [6, 6.07) is 5.00. The van der Waals surface area contributed by atoms with Gasteiger partial charge in [0.1, 0.15) is 5.78 Å². The summed E-state index contributed by atoms with van der Waals surface area (Å²) in [5.74, 6) is 0.722. The van der Waals surface area contributed by atoms with Crippen LogP contribution in [0.2, 0.25) is 0 Å².